The average Bonchev–Trinajstić information content (AvgIpc) is 3.11. The van der Waals surface area contributed by atoms with E-state index in [0.717, 1.165) is 16.7 Å². The minimum Gasteiger partial charge on any atom is -0.337 e. The largest absolute Gasteiger partial charge is 0.337 e. The second-order valence-corrected chi connectivity index (χ2v) is 7.14. The molecule has 5 nitrogen and oxygen atoms in total. The van der Waals surface area contributed by atoms with Gasteiger partial charge in [0.15, 0.2) is 0 Å². The smallest absolute Gasteiger partial charge is 0.246 e. The van der Waals surface area contributed by atoms with Crippen molar-refractivity contribution in [3.05, 3.63) is 69.5 Å². The van der Waals surface area contributed by atoms with Crippen LogP contribution >= 0.6 is 23.2 Å². The molecule has 0 radical (unpaired) electrons. The van der Waals surface area contributed by atoms with Crippen LogP contribution in [0, 0.1) is 6.92 Å². The van der Waals surface area contributed by atoms with E-state index in [1.165, 1.54) is 0 Å². The first-order valence-electron chi connectivity index (χ1n) is 8.50. The number of halogens is 2. The van der Waals surface area contributed by atoms with Crippen LogP contribution in [0.15, 0.2) is 47.0 Å². The van der Waals surface area contributed by atoms with Crippen LogP contribution in [0.1, 0.15) is 23.4 Å². The Labute approximate surface area is 167 Å². The van der Waals surface area contributed by atoms with Gasteiger partial charge in [0.1, 0.15) is 0 Å². The predicted octanol–water partition coefficient (Wildman–Crippen LogP) is 4.94. The molecule has 3 aromatic rings. The molecule has 0 aliphatic rings. The van der Waals surface area contributed by atoms with Crippen molar-refractivity contribution in [1.29, 1.82) is 0 Å². The number of aryl methyl sites for hydroxylation is 2. The topological polar surface area (TPSA) is 59.2 Å². The Morgan fingerprint density at radius 3 is 2.67 bits per heavy atom. The number of amides is 1. The molecule has 0 saturated heterocycles. The van der Waals surface area contributed by atoms with Crippen LogP contribution in [0.5, 0.6) is 0 Å². The van der Waals surface area contributed by atoms with Crippen molar-refractivity contribution in [2.24, 2.45) is 0 Å². The summed E-state index contributed by atoms with van der Waals surface area (Å²) in [6.45, 7) is 2.25. The Morgan fingerprint density at radius 1 is 1.15 bits per heavy atom. The lowest BCUT2D eigenvalue weighted by Crippen LogP contribution is -2.26. The Hall–Kier alpha value is -2.37. The first-order chi connectivity index (χ1) is 12.9. The standard InChI is InChI=1S/C20H19Cl2N3O2/c1-13-5-3-4-6-15(13)20-23-18(27-24-20)12-25(2)19(26)10-8-14-7-9-16(21)17(22)11-14/h3-7,9,11H,8,10,12H2,1-2H3. The second-order valence-electron chi connectivity index (χ2n) is 6.32. The van der Waals surface area contributed by atoms with Crippen LogP contribution in [0.2, 0.25) is 10.0 Å². The lowest BCUT2D eigenvalue weighted by atomic mass is 10.1. The molecule has 7 heteroatoms. The maximum atomic E-state index is 12.4. The lowest BCUT2D eigenvalue weighted by Gasteiger charge is -2.14. The fourth-order valence-corrected chi connectivity index (χ4v) is 3.00. The fourth-order valence-electron chi connectivity index (χ4n) is 2.68. The summed E-state index contributed by atoms with van der Waals surface area (Å²) in [5.74, 6) is 0.912. The second kappa shape index (κ2) is 8.55. The van der Waals surface area contributed by atoms with Gasteiger partial charge in [0.2, 0.25) is 17.6 Å². The third kappa shape index (κ3) is 4.87. The molecule has 0 atom stereocenters. The third-order valence-corrected chi connectivity index (χ3v) is 5.00. The number of carbonyl (C=O) groups is 1. The van der Waals surface area contributed by atoms with Crippen molar-refractivity contribution >= 4 is 29.1 Å². The SMILES string of the molecule is Cc1ccccc1-c1noc(CN(C)C(=O)CCc2ccc(Cl)c(Cl)c2)n1. The number of hydrogen-bond donors (Lipinski definition) is 0. The van der Waals surface area contributed by atoms with Gasteiger partial charge in [-0.1, -0.05) is 58.7 Å². The number of rotatable bonds is 6. The molecule has 0 N–H and O–H groups in total. The summed E-state index contributed by atoms with van der Waals surface area (Å²) >= 11 is 11.9. The van der Waals surface area contributed by atoms with E-state index in [1.807, 2.05) is 37.3 Å². The van der Waals surface area contributed by atoms with Crippen molar-refractivity contribution in [3.8, 4) is 11.4 Å². The Balaban J connectivity index is 1.58. The molecular formula is C20H19Cl2N3O2. The van der Waals surface area contributed by atoms with Gasteiger partial charge in [0.05, 0.1) is 16.6 Å². The van der Waals surface area contributed by atoms with Crippen molar-refractivity contribution in [1.82, 2.24) is 15.0 Å². The molecule has 0 aliphatic heterocycles. The van der Waals surface area contributed by atoms with Crippen LogP contribution in [-0.4, -0.2) is 28.0 Å². The van der Waals surface area contributed by atoms with Gasteiger partial charge in [-0.2, -0.15) is 4.98 Å². The minimum absolute atomic E-state index is 0.0169. The summed E-state index contributed by atoms with van der Waals surface area (Å²) in [6, 6.07) is 13.2. The van der Waals surface area contributed by atoms with Crippen molar-refractivity contribution in [3.63, 3.8) is 0 Å². The highest BCUT2D eigenvalue weighted by Gasteiger charge is 2.15. The molecule has 1 amide bonds. The lowest BCUT2D eigenvalue weighted by molar-refractivity contribution is -0.130. The fraction of sp³-hybridized carbons (Fsp3) is 0.250. The van der Waals surface area contributed by atoms with E-state index in [-0.39, 0.29) is 12.5 Å². The number of hydrogen-bond acceptors (Lipinski definition) is 4. The first-order valence-corrected chi connectivity index (χ1v) is 9.26. The van der Waals surface area contributed by atoms with Crippen molar-refractivity contribution < 1.29 is 9.32 Å². The van der Waals surface area contributed by atoms with E-state index < -0.39 is 0 Å². The molecule has 0 saturated carbocycles. The number of carbonyl (C=O) groups excluding carboxylic acids is 1. The Kier molecular flexibility index (Phi) is 6.14. The summed E-state index contributed by atoms with van der Waals surface area (Å²) in [5.41, 5.74) is 2.95. The number of aromatic nitrogens is 2. The Morgan fingerprint density at radius 2 is 1.93 bits per heavy atom. The predicted molar refractivity (Wildman–Crippen MR) is 106 cm³/mol. The zero-order valence-electron chi connectivity index (χ0n) is 15.1. The van der Waals surface area contributed by atoms with Crippen molar-refractivity contribution in [2.45, 2.75) is 26.3 Å². The normalized spacial score (nSPS) is 10.8. The average molecular weight is 404 g/mol. The molecular weight excluding hydrogens is 385 g/mol. The van der Waals surface area contributed by atoms with Gasteiger partial charge in [0, 0.05) is 19.0 Å². The summed E-state index contributed by atoms with van der Waals surface area (Å²) < 4.78 is 5.30. The maximum Gasteiger partial charge on any atom is 0.246 e. The third-order valence-electron chi connectivity index (χ3n) is 4.26. The Bertz CT molecular complexity index is 956. The van der Waals surface area contributed by atoms with Gasteiger partial charge in [-0.3, -0.25) is 4.79 Å². The molecule has 0 unspecified atom stereocenters. The molecule has 0 fully saturated rings. The van der Waals surface area contributed by atoms with Crippen LogP contribution in [0.3, 0.4) is 0 Å². The monoisotopic (exact) mass is 403 g/mol. The highest BCUT2D eigenvalue weighted by atomic mass is 35.5. The molecule has 0 aliphatic carbocycles. The van der Waals surface area contributed by atoms with Gasteiger partial charge in [0.25, 0.3) is 0 Å². The summed E-state index contributed by atoms with van der Waals surface area (Å²) in [6.07, 6.45) is 0.936. The van der Waals surface area contributed by atoms with Gasteiger partial charge < -0.3 is 9.42 Å². The van der Waals surface area contributed by atoms with E-state index >= 15 is 0 Å². The zero-order valence-corrected chi connectivity index (χ0v) is 16.6. The summed E-state index contributed by atoms with van der Waals surface area (Å²) in [4.78, 5) is 18.4. The molecule has 3 rings (SSSR count). The molecule has 1 aromatic heterocycles. The van der Waals surface area contributed by atoms with Gasteiger partial charge >= 0.3 is 0 Å². The quantitative estimate of drug-likeness (QED) is 0.584. The molecule has 1 heterocycles. The van der Waals surface area contributed by atoms with E-state index in [2.05, 4.69) is 10.1 Å². The van der Waals surface area contributed by atoms with Gasteiger partial charge in [-0.05, 0) is 36.6 Å². The summed E-state index contributed by atoms with van der Waals surface area (Å²) in [7, 11) is 1.72. The van der Waals surface area contributed by atoms with Crippen LogP contribution < -0.4 is 0 Å². The highest BCUT2D eigenvalue weighted by molar-refractivity contribution is 6.42. The zero-order chi connectivity index (χ0) is 19.4. The number of benzene rings is 2. The number of nitrogens with zero attached hydrogens (tertiary/aromatic N) is 3. The van der Waals surface area contributed by atoms with E-state index in [9.17, 15) is 4.79 Å². The molecule has 27 heavy (non-hydrogen) atoms. The summed E-state index contributed by atoms with van der Waals surface area (Å²) in [5, 5.41) is 5.01. The van der Waals surface area contributed by atoms with E-state index in [0.29, 0.717) is 34.6 Å². The molecule has 0 spiro atoms. The van der Waals surface area contributed by atoms with Crippen LogP contribution in [0.4, 0.5) is 0 Å². The molecule has 140 valence electrons. The maximum absolute atomic E-state index is 12.4. The van der Waals surface area contributed by atoms with Crippen LogP contribution in [-0.2, 0) is 17.8 Å². The van der Waals surface area contributed by atoms with Gasteiger partial charge in [-0.25, -0.2) is 0 Å². The van der Waals surface area contributed by atoms with E-state index in [4.69, 9.17) is 27.7 Å². The minimum atomic E-state index is -0.0169. The molecule has 0 bridgehead atoms. The highest BCUT2D eigenvalue weighted by Crippen LogP contribution is 2.23. The molecule has 2 aromatic carbocycles. The van der Waals surface area contributed by atoms with Crippen LogP contribution in [0.25, 0.3) is 11.4 Å². The van der Waals surface area contributed by atoms with Crippen molar-refractivity contribution in [2.75, 3.05) is 7.05 Å². The first kappa shape index (κ1) is 19.4. The van der Waals surface area contributed by atoms with Gasteiger partial charge in [-0.15, -0.1) is 0 Å². The van der Waals surface area contributed by atoms with E-state index in [1.54, 1.807) is 24.1 Å².